The Kier molecular flexibility index (Phi) is 10.4. The van der Waals surface area contributed by atoms with Crippen molar-refractivity contribution in [2.75, 3.05) is 27.2 Å². The van der Waals surface area contributed by atoms with E-state index in [4.69, 9.17) is 4.74 Å². The monoisotopic (exact) mass is 597 g/mol. The van der Waals surface area contributed by atoms with Crippen LogP contribution < -0.4 is 15.4 Å². The van der Waals surface area contributed by atoms with Gasteiger partial charge in [-0.05, 0) is 63.0 Å². The van der Waals surface area contributed by atoms with Crippen LogP contribution in [0.3, 0.4) is 0 Å². The first-order chi connectivity index (χ1) is 20.5. The summed E-state index contributed by atoms with van der Waals surface area (Å²) in [6.45, 7) is 8.61. The average Bonchev–Trinajstić information content (AvgIpc) is 3.63. The first-order valence-electron chi connectivity index (χ1n) is 15.5. The number of carbonyl (C=O) groups is 4. The largest absolute Gasteiger partial charge is 0.507 e. The highest BCUT2D eigenvalue weighted by molar-refractivity contribution is 5.96. The third-order valence-corrected chi connectivity index (χ3v) is 9.28. The summed E-state index contributed by atoms with van der Waals surface area (Å²) in [4.78, 5) is 60.4. The number of nitrogens with one attached hydrogen (secondary N) is 2. The number of carbonyl (C=O) groups excluding carboxylic acids is 4. The number of phenols is 1. The second-order valence-electron chi connectivity index (χ2n) is 12.3. The molecule has 236 valence electrons. The van der Waals surface area contributed by atoms with Gasteiger partial charge in [-0.3, -0.25) is 24.1 Å². The van der Waals surface area contributed by atoms with Gasteiger partial charge in [0.1, 0.15) is 35.7 Å². The third kappa shape index (κ3) is 6.82. The molecule has 2 fully saturated rings. The van der Waals surface area contributed by atoms with Gasteiger partial charge in [0, 0.05) is 31.3 Å². The molecular formula is C32H47N5O6. The minimum atomic E-state index is -0.977. The molecule has 4 amide bonds. The van der Waals surface area contributed by atoms with Gasteiger partial charge in [-0.15, -0.1) is 0 Å². The van der Waals surface area contributed by atoms with Gasteiger partial charge >= 0.3 is 0 Å². The van der Waals surface area contributed by atoms with Crippen LogP contribution in [0.5, 0.6) is 11.5 Å². The summed E-state index contributed by atoms with van der Waals surface area (Å²) in [6, 6.07) is 1.85. The Morgan fingerprint density at radius 1 is 1.12 bits per heavy atom. The first-order valence-corrected chi connectivity index (χ1v) is 15.5. The van der Waals surface area contributed by atoms with E-state index in [9.17, 15) is 24.3 Å². The number of benzene rings is 1. The molecule has 0 aromatic heterocycles. The molecule has 3 aliphatic heterocycles. The fourth-order valence-electron chi connectivity index (χ4n) is 6.45. The van der Waals surface area contributed by atoms with Gasteiger partial charge in [-0.25, -0.2) is 0 Å². The van der Waals surface area contributed by atoms with E-state index in [2.05, 4.69) is 10.6 Å². The normalized spacial score (nSPS) is 25.6. The van der Waals surface area contributed by atoms with Crippen LogP contribution in [-0.2, 0) is 19.2 Å². The van der Waals surface area contributed by atoms with E-state index in [1.165, 1.54) is 12.3 Å². The molecule has 43 heavy (non-hydrogen) atoms. The van der Waals surface area contributed by atoms with Gasteiger partial charge in [0.05, 0.1) is 6.04 Å². The number of likely N-dealkylation sites (N-methyl/N-ethyl adjacent to an activating group) is 1. The van der Waals surface area contributed by atoms with Crippen LogP contribution in [0.15, 0.2) is 24.4 Å². The zero-order valence-corrected chi connectivity index (χ0v) is 26.2. The number of fused-ring (bicyclic) bond motifs is 4. The van der Waals surface area contributed by atoms with Crippen molar-refractivity contribution in [2.45, 2.75) is 90.1 Å². The summed E-state index contributed by atoms with van der Waals surface area (Å²) >= 11 is 0. The standard InChI is InChI=1S/C32H47N5O6/c1-7-19(3)26(34-30(40)27(35(5)6)20(4)8-2)31(41)37-17-14-25-28(37)32(42)36-16-9-10-23(36)29(39)33-15-13-21-18-22(43-25)11-12-24(21)38/h11-13,15,18-20,23,25-28,38H,7-10,14,16-17H2,1-6H3,(H,33,39)(H,34,40)/b15-13+/t19-,20-,23-,25?,26-,27-,28-/m0/s1. The number of amides is 4. The Balaban J connectivity index is 1.70. The lowest BCUT2D eigenvalue weighted by molar-refractivity contribution is -0.150. The molecule has 1 aromatic carbocycles. The Bertz CT molecular complexity index is 1230. The maximum Gasteiger partial charge on any atom is 0.249 e. The number of likely N-dealkylation sites (tertiary alicyclic amines) is 1. The zero-order chi connectivity index (χ0) is 31.4. The highest BCUT2D eigenvalue weighted by atomic mass is 16.5. The minimum Gasteiger partial charge on any atom is -0.507 e. The number of nitrogens with zero attached hydrogens (tertiary/aromatic N) is 3. The topological polar surface area (TPSA) is 132 Å². The summed E-state index contributed by atoms with van der Waals surface area (Å²) in [5.74, 6) is -0.855. The molecule has 3 aliphatic rings. The van der Waals surface area contributed by atoms with Crippen molar-refractivity contribution in [2.24, 2.45) is 11.8 Å². The number of ether oxygens (including phenoxy) is 1. The van der Waals surface area contributed by atoms with E-state index >= 15 is 0 Å². The number of phenolic OH excluding ortho intramolecular Hbond substituents is 1. The van der Waals surface area contributed by atoms with E-state index in [0.29, 0.717) is 43.5 Å². The highest BCUT2D eigenvalue weighted by Crippen LogP contribution is 2.32. The summed E-state index contributed by atoms with van der Waals surface area (Å²) in [5, 5.41) is 16.1. The molecule has 4 rings (SSSR count). The van der Waals surface area contributed by atoms with Gasteiger partial charge in [-0.2, -0.15) is 0 Å². The molecule has 1 aromatic rings. The highest BCUT2D eigenvalue weighted by Gasteiger charge is 2.50. The molecule has 0 saturated carbocycles. The number of rotatable bonds is 8. The summed E-state index contributed by atoms with van der Waals surface area (Å²) in [6.07, 6.45) is 5.38. The number of hydrogen-bond donors (Lipinski definition) is 3. The Labute approximate surface area is 254 Å². The van der Waals surface area contributed by atoms with E-state index in [1.54, 1.807) is 28.0 Å². The van der Waals surface area contributed by atoms with Crippen molar-refractivity contribution in [3.05, 3.63) is 30.0 Å². The van der Waals surface area contributed by atoms with E-state index in [0.717, 1.165) is 6.42 Å². The molecule has 0 spiro atoms. The maximum absolute atomic E-state index is 14.4. The van der Waals surface area contributed by atoms with Gasteiger partial charge < -0.3 is 30.3 Å². The molecule has 3 heterocycles. The molecule has 7 atom stereocenters. The second-order valence-corrected chi connectivity index (χ2v) is 12.3. The predicted molar refractivity (Wildman–Crippen MR) is 163 cm³/mol. The SMILES string of the molecule is CC[C@H](C)[C@H](NC(=O)[C@H]([C@@H](C)CC)N(C)C)C(=O)N1CCC2Oc3ccc(O)c(c3)/C=C/NC(=O)[C@@H]3CCCN3C(=O)[C@H]21. The summed E-state index contributed by atoms with van der Waals surface area (Å²) in [7, 11) is 3.72. The quantitative estimate of drug-likeness (QED) is 0.419. The Morgan fingerprint density at radius 2 is 1.84 bits per heavy atom. The fraction of sp³-hybridized carbons (Fsp3) is 0.625. The van der Waals surface area contributed by atoms with Gasteiger partial charge in [-0.1, -0.05) is 40.5 Å². The molecule has 11 nitrogen and oxygen atoms in total. The van der Waals surface area contributed by atoms with Crippen LogP contribution >= 0.6 is 0 Å². The molecule has 0 aliphatic carbocycles. The fourth-order valence-corrected chi connectivity index (χ4v) is 6.45. The Hall–Kier alpha value is -3.60. The average molecular weight is 598 g/mol. The third-order valence-electron chi connectivity index (χ3n) is 9.28. The zero-order valence-electron chi connectivity index (χ0n) is 26.2. The van der Waals surface area contributed by atoms with Crippen molar-refractivity contribution in [1.29, 1.82) is 0 Å². The lowest BCUT2D eigenvalue weighted by atomic mass is 9.94. The van der Waals surface area contributed by atoms with Crippen molar-refractivity contribution in [3.63, 3.8) is 0 Å². The van der Waals surface area contributed by atoms with Gasteiger partial charge in [0.15, 0.2) is 0 Å². The number of hydrogen-bond acceptors (Lipinski definition) is 7. The lowest BCUT2D eigenvalue weighted by Gasteiger charge is -2.36. The minimum absolute atomic E-state index is 0.0200. The van der Waals surface area contributed by atoms with Crippen LogP contribution in [0.2, 0.25) is 0 Å². The van der Waals surface area contributed by atoms with Crippen LogP contribution in [0, 0.1) is 11.8 Å². The Morgan fingerprint density at radius 3 is 2.51 bits per heavy atom. The molecule has 3 N–H and O–H groups in total. The van der Waals surface area contributed by atoms with Gasteiger partial charge in [0.2, 0.25) is 23.6 Å². The van der Waals surface area contributed by atoms with Crippen LogP contribution in [0.25, 0.3) is 6.08 Å². The molecule has 0 radical (unpaired) electrons. The van der Waals surface area contributed by atoms with Crippen LogP contribution in [0.4, 0.5) is 0 Å². The molecular weight excluding hydrogens is 550 g/mol. The predicted octanol–water partition coefficient (Wildman–Crippen LogP) is 2.34. The van der Waals surface area contributed by atoms with Crippen LogP contribution in [-0.4, -0.2) is 101 Å². The maximum atomic E-state index is 14.4. The van der Waals surface area contributed by atoms with Crippen molar-refractivity contribution in [3.8, 4) is 11.5 Å². The van der Waals surface area contributed by atoms with Crippen molar-refractivity contribution in [1.82, 2.24) is 25.3 Å². The molecule has 2 saturated heterocycles. The van der Waals surface area contributed by atoms with Gasteiger partial charge in [0.25, 0.3) is 0 Å². The molecule has 2 bridgehead atoms. The van der Waals surface area contributed by atoms with Crippen molar-refractivity contribution < 1.29 is 29.0 Å². The van der Waals surface area contributed by atoms with E-state index < -0.39 is 30.3 Å². The van der Waals surface area contributed by atoms with Crippen molar-refractivity contribution >= 4 is 29.7 Å². The number of aromatic hydroxyl groups is 1. The summed E-state index contributed by atoms with van der Waals surface area (Å²) in [5.41, 5.74) is 0.449. The molecule has 11 heteroatoms. The second kappa shape index (κ2) is 13.8. The smallest absolute Gasteiger partial charge is 0.249 e. The first kappa shape index (κ1) is 32.3. The van der Waals surface area contributed by atoms with E-state index in [1.807, 2.05) is 46.7 Å². The van der Waals surface area contributed by atoms with Crippen LogP contribution in [0.1, 0.15) is 65.4 Å². The lowest BCUT2D eigenvalue weighted by Crippen LogP contribution is -2.61. The van der Waals surface area contributed by atoms with E-state index in [-0.39, 0.29) is 47.8 Å². The molecule has 1 unspecified atom stereocenters. The summed E-state index contributed by atoms with van der Waals surface area (Å²) < 4.78 is 6.35.